The molecule has 0 bridgehead atoms. The molecule has 0 aliphatic rings. The van der Waals surface area contributed by atoms with E-state index >= 15 is 0 Å². The molecular formula is C11H20N4O3S2. The fraction of sp³-hybridized carbons (Fsp3) is 0.636. The lowest BCUT2D eigenvalue weighted by molar-refractivity contribution is 0.0958. The van der Waals surface area contributed by atoms with Crippen molar-refractivity contribution in [2.75, 3.05) is 42.8 Å². The lowest BCUT2D eigenvalue weighted by atomic mass is 10.4. The van der Waals surface area contributed by atoms with Gasteiger partial charge in [-0.15, -0.1) is 0 Å². The van der Waals surface area contributed by atoms with Crippen LogP contribution in [0.5, 0.6) is 0 Å². The Bertz CT molecular complexity index is 568. The largest absolute Gasteiger partial charge is 0.382 e. The highest BCUT2D eigenvalue weighted by molar-refractivity contribution is 7.90. The van der Waals surface area contributed by atoms with Crippen molar-refractivity contribution in [2.45, 2.75) is 13.3 Å². The predicted octanol–water partition coefficient (Wildman–Crippen LogP) is 0.346. The number of nitrogens with zero attached hydrogens (tertiary/aromatic N) is 2. The number of hydrogen-bond acceptors (Lipinski definition) is 7. The molecule has 7 nitrogen and oxygen atoms in total. The Morgan fingerprint density at radius 1 is 1.50 bits per heavy atom. The number of aromatic nitrogens is 1. The highest BCUT2D eigenvalue weighted by Crippen LogP contribution is 2.27. The molecular weight excluding hydrogens is 300 g/mol. The van der Waals surface area contributed by atoms with Crippen LogP contribution >= 0.6 is 11.3 Å². The maximum atomic E-state index is 11.9. The van der Waals surface area contributed by atoms with E-state index in [2.05, 4.69) is 10.3 Å². The van der Waals surface area contributed by atoms with Crippen molar-refractivity contribution in [3.8, 4) is 0 Å². The minimum atomic E-state index is -3.00. The van der Waals surface area contributed by atoms with Gasteiger partial charge in [0.25, 0.3) is 5.91 Å². The van der Waals surface area contributed by atoms with Gasteiger partial charge >= 0.3 is 0 Å². The third kappa shape index (κ3) is 4.97. The summed E-state index contributed by atoms with van der Waals surface area (Å²) in [7, 11) is -1.13. The second kappa shape index (κ2) is 6.89. The van der Waals surface area contributed by atoms with Crippen molar-refractivity contribution >= 4 is 38.0 Å². The van der Waals surface area contributed by atoms with Gasteiger partial charge in [0.15, 0.2) is 5.13 Å². The van der Waals surface area contributed by atoms with E-state index in [9.17, 15) is 13.2 Å². The second-order valence-electron chi connectivity index (χ2n) is 4.46. The van der Waals surface area contributed by atoms with Gasteiger partial charge in [-0.25, -0.2) is 13.4 Å². The van der Waals surface area contributed by atoms with Gasteiger partial charge in [-0.3, -0.25) is 4.79 Å². The van der Waals surface area contributed by atoms with Gasteiger partial charge in [0.1, 0.15) is 20.5 Å². The summed E-state index contributed by atoms with van der Waals surface area (Å²) in [6, 6.07) is 0. The monoisotopic (exact) mass is 320 g/mol. The summed E-state index contributed by atoms with van der Waals surface area (Å²) in [6.45, 7) is 3.03. The zero-order valence-electron chi connectivity index (χ0n) is 11.8. The average Bonchev–Trinajstić information content (AvgIpc) is 2.74. The van der Waals surface area contributed by atoms with Crippen LogP contribution in [0.4, 0.5) is 10.9 Å². The van der Waals surface area contributed by atoms with Crippen LogP contribution in [-0.2, 0) is 9.84 Å². The predicted molar refractivity (Wildman–Crippen MR) is 82.1 cm³/mol. The molecule has 1 aromatic heterocycles. The summed E-state index contributed by atoms with van der Waals surface area (Å²) in [5.41, 5.74) is 5.72. The van der Waals surface area contributed by atoms with E-state index in [0.29, 0.717) is 23.0 Å². The van der Waals surface area contributed by atoms with E-state index in [-0.39, 0.29) is 17.5 Å². The summed E-state index contributed by atoms with van der Waals surface area (Å²) in [4.78, 5) is 18.3. The number of nitrogen functional groups attached to an aromatic ring is 1. The molecule has 20 heavy (non-hydrogen) atoms. The maximum Gasteiger partial charge on any atom is 0.265 e. The van der Waals surface area contributed by atoms with E-state index in [4.69, 9.17) is 5.73 Å². The molecule has 1 rings (SSSR count). The Hall–Kier alpha value is -1.35. The summed E-state index contributed by atoms with van der Waals surface area (Å²) < 4.78 is 21.9. The Morgan fingerprint density at radius 3 is 2.70 bits per heavy atom. The molecule has 0 spiro atoms. The van der Waals surface area contributed by atoms with Crippen molar-refractivity contribution in [1.82, 2.24) is 10.3 Å². The number of rotatable bonds is 7. The summed E-state index contributed by atoms with van der Waals surface area (Å²) in [6.07, 6.45) is 1.55. The summed E-state index contributed by atoms with van der Waals surface area (Å²) >= 11 is 1.22. The van der Waals surface area contributed by atoms with Gasteiger partial charge < -0.3 is 16.0 Å². The molecule has 1 amide bonds. The van der Waals surface area contributed by atoms with Crippen LogP contribution in [0.2, 0.25) is 0 Å². The molecule has 0 aliphatic heterocycles. The molecule has 114 valence electrons. The minimum absolute atomic E-state index is 0.0509. The van der Waals surface area contributed by atoms with E-state index in [1.807, 2.05) is 18.9 Å². The highest BCUT2D eigenvalue weighted by Gasteiger charge is 2.17. The van der Waals surface area contributed by atoms with Crippen molar-refractivity contribution < 1.29 is 13.2 Å². The first-order valence-electron chi connectivity index (χ1n) is 6.18. The molecule has 1 aromatic rings. The minimum Gasteiger partial charge on any atom is -0.382 e. The standard InChI is InChI=1S/C11H20N4O3S2/c1-4-15(2)11-14-9(12)8(19-11)10(16)13-6-5-7-20(3,17)18/h4-7,12H2,1-3H3,(H,13,16). The average molecular weight is 320 g/mol. The molecule has 0 unspecified atom stereocenters. The quantitative estimate of drug-likeness (QED) is 0.702. The maximum absolute atomic E-state index is 11.9. The normalized spacial score (nSPS) is 11.3. The zero-order valence-corrected chi connectivity index (χ0v) is 13.5. The Morgan fingerprint density at radius 2 is 2.15 bits per heavy atom. The van der Waals surface area contributed by atoms with Gasteiger partial charge in [0.05, 0.1) is 5.75 Å². The molecule has 0 radical (unpaired) electrons. The number of carbonyl (C=O) groups excluding carboxylic acids is 1. The van der Waals surface area contributed by atoms with E-state index < -0.39 is 9.84 Å². The van der Waals surface area contributed by atoms with Gasteiger partial charge in [0.2, 0.25) is 0 Å². The third-order valence-corrected chi connectivity index (χ3v) is 4.84. The van der Waals surface area contributed by atoms with Crippen LogP contribution in [0.15, 0.2) is 0 Å². The first-order valence-corrected chi connectivity index (χ1v) is 9.05. The van der Waals surface area contributed by atoms with E-state index in [1.54, 1.807) is 0 Å². The number of thiazole rings is 1. The summed E-state index contributed by atoms with van der Waals surface area (Å²) in [5, 5.41) is 3.34. The van der Waals surface area contributed by atoms with Crippen LogP contribution < -0.4 is 16.0 Å². The van der Waals surface area contributed by atoms with Crippen molar-refractivity contribution in [1.29, 1.82) is 0 Å². The van der Waals surface area contributed by atoms with Gasteiger partial charge in [0, 0.05) is 26.4 Å². The van der Waals surface area contributed by atoms with Crippen LogP contribution in [0.1, 0.15) is 23.0 Å². The number of hydrogen-bond donors (Lipinski definition) is 2. The summed E-state index contributed by atoms with van der Waals surface area (Å²) in [5.74, 6) is -0.0647. The molecule has 3 N–H and O–H groups in total. The molecule has 1 heterocycles. The van der Waals surface area contributed by atoms with Crippen LogP contribution in [0, 0.1) is 0 Å². The van der Waals surface area contributed by atoms with E-state index in [0.717, 1.165) is 6.54 Å². The Kier molecular flexibility index (Phi) is 5.75. The molecule has 9 heteroatoms. The fourth-order valence-corrected chi connectivity index (χ4v) is 2.99. The number of amides is 1. The second-order valence-corrected chi connectivity index (χ2v) is 7.70. The number of sulfone groups is 1. The van der Waals surface area contributed by atoms with Crippen molar-refractivity contribution in [3.63, 3.8) is 0 Å². The number of nitrogens with two attached hydrogens (primary N) is 1. The highest BCUT2D eigenvalue weighted by atomic mass is 32.2. The van der Waals surface area contributed by atoms with Crippen LogP contribution in [0.25, 0.3) is 0 Å². The van der Waals surface area contributed by atoms with Gasteiger partial charge in [-0.05, 0) is 13.3 Å². The van der Waals surface area contributed by atoms with Crippen LogP contribution in [0.3, 0.4) is 0 Å². The van der Waals surface area contributed by atoms with Crippen molar-refractivity contribution in [2.24, 2.45) is 0 Å². The lowest BCUT2D eigenvalue weighted by Gasteiger charge is -2.10. The van der Waals surface area contributed by atoms with Gasteiger partial charge in [-0.1, -0.05) is 11.3 Å². The fourth-order valence-electron chi connectivity index (χ4n) is 1.40. The molecule has 0 saturated heterocycles. The molecule has 0 atom stereocenters. The first kappa shape index (κ1) is 16.7. The Labute approximate surface area is 123 Å². The number of carbonyl (C=O) groups is 1. The molecule has 0 saturated carbocycles. The number of anilines is 2. The topological polar surface area (TPSA) is 105 Å². The number of nitrogens with one attached hydrogen (secondary N) is 1. The molecule has 0 aliphatic carbocycles. The first-order chi connectivity index (χ1) is 9.24. The van der Waals surface area contributed by atoms with Gasteiger partial charge in [-0.2, -0.15) is 0 Å². The molecule has 0 fully saturated rings. The molecule has 0 aromatic carbocycles. The SMILES string of the molecule is CCN(C)c1nc(N)c(C(=O)NCCCS(C)(=O)=O)s1. The Balaban J connectivity index is 2.57. The van der Waals surface area contributed by atoms with Crippen molar-refractivity contribution in [3.05, 3.63) is 4.88 Å². The van der Waals surface area contributed by atoms with Crippen LogP contribution in [-0.4, -0.2) is 51.5 Å². The lowest BCUT2D eigenvalue weighted by Crippen LogP contribution is -2.25. The third-order valence-electron chi connectivity index (χ3n) is 2.63. The smallest absolute Gasteiger partial charge is 0.265 e. The van der Waals surface area contributed by atoms with E-state index in [1.165, 1.54) is 17.6 Å². The zero-order chi connectivity index (χ0) is 15.3.